The highest BCUT2D eigenvalue weighted by atomic mass is 16.1. The van der Waals surface area contributed by atoms with E-state index >= 15 is 0 Å². The molecule has 1 saturated heterocycles. The smallest absolute Gasteiger partial charge is 0.263 e. The Bertz CT molecular complexity index is 1110. The molecule has 26 heavy (non-hydrogen) atoms. The Morgan fingerprint density at radius 1 is 1.08 bits per heavy atom. The third kappa shape index (κ3) is 2.57. The van der Waals surface area contributed by atoms with Crippen LogP contribution in [0.1, 0.15) is 30.1 Å². The molecule has 1 fully saturated rings. The van der Waals surface area contributed by atoms with Crippen LogP contribution in [0.5, 0.6) is 0 Å². The minimum absolute atomic E-state index is 0.00767. The summed E-state index contributed by atoms with van der Waals surface area (Å²) in [6.07, 6.45) is 4.06. The molecule has 0 radical (unpaired) electrons. The van der Waals surface area contributed by atoms with E-state index in [0.717, 1.165) is 31.9 Å². The fourth-order valence-corrected chi connectivity index (χ4v) is 3.79. The monoisotopic (exact) mass is 343 g/mol. The maximum atomic E-state index is 12.9. The van der Waals surface area contributed by atoms with E-state index in [1.165, 1.54) is 6.42 Å². The zero-order valence-electron chi connectivity index (χ0n) is 14.2. The number of rotatable bonds is 0. The lowest BCUT2D eigenvalue weighted by atomic mass is 10.1. The molecule has 128 valence electrons. The minimum Gasteiger partial charge on any atom is -0.293 e. The maximum absolute atomic E-state index is 12.9. The van der Waals surface area contributed by atoms with Gasteiger partial charge in [-0.1, -0.05) is 6.07 Å². The van der Waals surface area contributed by atoms with Crippen LogP contribution in [0.15, 0.2) is 41.3 Å². The van der Waals surface area contributed by atoms with Crippen LogP contribution in [0.4, 0.5) is 0 Å². The molecule has 0 spiro atoms. The second-order valence-corrected chi connectivity index (χ2v) is 6.74. The highest BCUT2D eigenvalue weighted by Crippen LogP contribution is 2.25. The molecular formula is C20H17N5O. The largest absolute Gasteiger partial charge is 0.293 e. The van der Waals surface area contributed by atoms with Gasteiger partial charge in [-0.2, -0.15) is 0 Å². The van der Waals surface area contributed by atoms with Crippen molar-refractivity contribution in [2.75, 3.05) is 6.54 Å². The Hall–Kier alpha value is -3.04. The van der Waals surface area contributed by atoms with Gasteiger partial charge in [0.2, 0.25) is 0 Å². The van der Waals surface area contributed by atoms with E-state index in [9.17, 15) is 4.79 Å². The van der Waals surface area contributed by atoms with E-state index in [2.05, 4.69) is 31.7 Å². The van der Waals surface area contributed by atoms with Crippen molar-refractivity contribution < 1.29 is 0 Å². The molecule has 1 unspecified atom stereocenters. The van der Waals surface area contributed by atoms with E-state index in [-0.39, 0.29) is 5.56 Å². The molecule has 3 aromatic heterocycles. The third-order valence-corrected chi connectivity index (χ3v) is 5.12. The maximum Gasteiger partial charge on any atom is 0.263 e. The van der Waals surface area contributed by atoms with E-state index in [4.69, 9.17) is 0 Å². The van der Waals surface area contributed by atoms with Crippen molar-refractivity contribution in [2.24, 2.45) is 0 Å². The van der Waals surface area contributed by atoms with Gasteiger partial charge in [0.1, 0.15) is 17.2 Å². The Balaban J connectivity index is 1.56. The van der Waals surface area contributed by atoms with Crippen molar-refractivity contribution in [3.63, 3.8) is 0 Å². The van der Waals surface area contributed by atoms with Crippen molar-refractivity contribution in [2.45, 2.75) is 32.0 Å². The Morgan fingerprint density at radius 2 is 2.00 bits per heavy atom. The molecule has 5 rings (SSSR count). The van der Waals surface area contributed by atoms with E-state index < -0.39 is 0 Å². The molecular weight excluding hydrogens is 326 g/mol. The van der Waals surface area contributed by atoms with Gasteiger partial charge in [-0.15, -0.1) is 0 Å². The summed E-state index contributed by atoms with van der Waals surface area (Å²) >= 11 is 0. The summed E-state index contributed by atoms with van der Waals surface area (Å²) < 4.78 is 1.83. The second-order valence-electron chi connectivity index (χ2n) is 6.74. The lowest BCUT2D eigenvalue weighted by Crippen LogP contribution is -2.43. The fourth-order valence-electron chi connectivity index (χ4n) is 3.79. The molecule has 6 nitrogen and oxygen atoms in total. The topological polar surface area (TPSA) is 63.9 Å². The molecule has 1 atom stereocenters. The molecule has 5 heterocycles. The summed E-state index contributed by atoms with van der Waals surface area (Å²) in [7, 11) is 0. The Labute approximate surface area is 150 Å². The predicted octanol–water partition coefficient (Wildman–Crippen LogP) is 1.56. The van der Waals surface area contributed by atoms with Crippen molar-refractivity contribution in [1.82, 2.24) is 24.4 Å². The Morgan fingerprint density at radius 3 is 2.88 bits per heavy atom. The molecule has 6 heteroatoms. The third-order valence-electron chi connectivity index (χ3n) is 5.12. The van der Waals surface area contributed by atoms with E-state index in [1.54, 1.807) is 18.3 Å². The molecule has 0 amide bonds. The predicted molar refractivity (Wildman–Crippen MR) is 97.4 cm³/mol. The Kier molecular flexibility index (Phi) is 3.54. The van der Waals surface area contributed by atoms with Gasteiger partial charge in [0.25, 0.3) is 5.56 Å². The number of fused-ring (bicyclic) bond motifs is 3. The summed E-state index contributed by atoms with van der Waals surface area (Å²) in [5, 5.41) is 0.559. The number of nitrogens with zero attached hydrogens (tertiary/aromatic N) is 5. The number of hydrogen-bond acceptors (Lipinski definition) is 5. The highest BCUT2D eigenvalue weighted by molar-refractivity contribution is 5.74. The summed E-state index contributed by atoms with van der Waals surface area (Å²) in [5.74, 6) is 6.80. The lowest BCUT2D eigenvalue weighted by Gasteiger charge is -2.31. The first kappa shape index (κ1) is 15.2. The summed E-state index contributed by atoms with van der Waals surface area (Å²) in [4.78, 5) is 28.6. The zero-order valence-corrected chi connectivity index (χ0v) is 14.2. The molecule has 0 bridgehead atoms. The molecule has 0 N–H and O–H groups in total. The van der Waals surface area contributed by atoms with Gasteiger partial charge >= 0.3 is 0 Å². The van der Waals surface area contributed by atoms with Gasteiger partial charge in [-0.05, 0) is 55.5 Å². The van der Waals surface area contributed by atoms with Gasteiger partial charge in [-0.25, -0.2) is 15.0 Å². The lowest BCUT2D eigenvalue weighted by molar-refractivity contribution is 0.181. The zero-order chi connectivity index (χ0) is 17.5. The minimum atomic E-state index is 0.00767. The summed E-state index contributed by atoms with van der Waals surface area (Å²) in [6, 6.07) is 9.63. The van der Waals surface area contributed by atoms with Gasteiger partial charge < -0.3 is 0 Å². The average molecular weight is 343 g/mol. The van der Waals surface area contributed by atoms with Crippen molar-refractivity contribution >= 4 is 11.0 Å². The highest BCUT2D eigenvalue weighted by Gasteiger charge is 2.31. The standard InChI is InChI=1S/C20H17N5O/c26-20-17-9-8-15(7-6-14-4-1-2-10-21-14)22-19(17)23-18-13-24-11-3-5-16(24)12-25(18)20/h1-2,4,8-10,16H,3,5,11-13H2. The SMILES string of the molecule is O=c1c2ccc(C#Cc3ccccn3)nc2nc2n1CC1CCCN1C2. The van der Waals surface area contributed by atoms with Crippen LogP contribution in [0, 0.1) is 11.8 Å². The number of hydrogen-bond donors (Lipinski definition) is 0. The van der Waals surface area contributed by atoms with Gasteiger partial charge in [0, 0.05) is 18.8 Å². The molecule has 0 aromatic carbocycles. The van der Waals surface area contributed by atoms with E-state index in [0.29, 0.717) is 28.5 Å². The van der Waals surface area contributed by atoms with Gasteiger partial charge in [-0.3, -0.25) is 14.3 Å². The molecule has 3 aromatic rings. The van der Waals surface area contributed by atoms with Gasteiger partial charge in [0.15, 0.2) is 5.65 Å². The molecule has 0 saturated carbocycles. The normalized spacial score (nSPS) is 18.8. The first-order valence-electron chi connectivity index (χ1n) is 8.85. The summed E-state index contributed by atoms with van der Waals surface area (Å²) in [5.41, 5.74) is 1.77. The number of pyridine rings is 2. The fraction of sp³-hybridized carbons (Fsp3) is 0.300. The average Bonchev–Trinajstić information content (AvgIpc) is 3.13. The van der Waals surface area contributed by atoms with Crippen LogP contribution >= 0.6 is 0 Å². The van der Waals surface area contributed by atoms with Crippen LogP contribution in [0.3, 0.4) is 0 Å². The van der Waals surface area contributed by atoms with Crippen LogP contribution in [0.2, 0.25) is 0 Å². The van der Waals surface area contributed by atoms with Crippen LogP contribution in [-0.2, 0) is 13.1 Å². The summed E-state index contributed by atoms with van der Waals surface area (Å²) in [6.45, 7) is 2.54. The van der Waals surface area contributed by atoms with Crippen molar-refractivity contribution in [1.29, 1.82) is 0 Å². The molecule has 2 aliphatic rings. The van der Waals surface area contributed by atoms with Crippen LogP contribution < -0.4 is 5.56 Å². The van der Waals surface area contributed by atoms with Crippen molar-refractivity contribution in [3.8, 4) is 11.8 Å². The quantitative estimate of drug-likeness (QED) is 0.580. The number of aromatic nitrogens is 4. The van der Waals surface area contributed by atoms with Crippen LogP contribution in [-0.4, -0.2) is 37.0 Å². The van der Waals surface area contributed by atoms with Crippen molar-refractivity contribution in [3.05, 3.63) is 64.1 Å². The first-order valence-corrected chi connectivity index (χ1v) is 8.85. The van der Waals surface area contributed by atoms with Crippen LogP contribution in [0.25, 0.3) is 11.0 Å². The first-order chi connectivity index (χ1) is 12.8. The molecule has 2 aliphatic heterocycles. The second kappa shape index (κ2) is 6.04. The van der Waals surface area contributed by atoms with Gasteiger partial charge in [0.05, 0.1) is 11.9 Å². The molecule has 0 aliphatic carbocycles. The van der Waals surface area contributed by atoms with E-state index in [1.807, 2.05) is 22.8 Å².